The number of carbonyl (C=O) groups excluding carboxylic acids is 2. The minimum Gasteiger partial charge on any atom is -0.334 e. The number of aromatic nitrogens is 2. The number of hydrogen-bond acceptors (Lipinski definition) is 7. The van der Waals surface area contributed by atoms with Gasteiger partial charge < -0.3 is 15.1 Å². The van der Waals surface area contributed by atoms with Crippen LogP contribution in [0, 0.1) is 0 Å². The third kappa shape index (κ3) is 2.48. The molecule has 20 heavy (non-hydrogen) atoms. The van der Waals surface area contributed by atoms with Gasteiger partial charge in [-0.1, -0.05) is 4.49 Å². The van der Waals surface area contributed by atoms with E-state index in [4.69, 9.17) is 4.84 Å². The van der Waals surface area contributed by atoms with Crippen molar-refractivity contribution in [3.8, 4) is 0 Å². The van der Waals surface area contributed by atoms with Crippen LogP contribution in [0.25, 0.3) is 0 Å². The summed E-state index contributed by atoms with van der Waals surface area (Å²) in [7, 11) is 0. The minimum atomic E-state index is -0.542. The standard InChI is InChI=1S/C11H11N5O3S/c17-10(19-16-5-3-12-11(16)18)8-2-1-4-15(6-8)9-7-20-14-13-9/h1-2,4,7H,3,5-6H2,(H,12,18). The SMILES string of the molecule is O=C(ON1CCNC1=O)C1=CC=CN(c2csnn2)C1. The van der Waals surface area contributed by atoms with Gasteiger partial charge in [0.05, 0.1) is 24.0 Å². The number of rotatable bonds is 3. The van der Waals surface area contributed by atoms with Crippen molar-refractivity contribution in [3.63, 3.8) is 0 Å². The molecular weight excluding hydrogens is 282 g/mol. The van der Waals surface area contributed by atoms with E-state index in [1.54, 1.807) is 28.6 Å². The van der Waals surface area contributed by atoms with E-state index in [9.17, 15) is 9.59 Å². The molecule has 1 fully saturated rings. The number of anilines is 1. The van der Waals surface area contributed by atoms with Gasteiger partial charge in [-0.25, -0.2) is 9.59 Å². The number of nitrogens with one attached hydrogen (secondary N) is 1. The molecule has 1 N–H and O–H groups in total. The molecule has 104 valence electrons. The summed E-state index contributed by atoms with van der Waals surface area (Å²) in [6.45, 7) is 1.16. The molecule has 9 heteroatoms. The van der Waals surface area contributed by atoms with Crippen molar-refractivity contribution in [2.75, 3.05) is 24.5 Å². The number of urea groups is 1. The lowest BCUT2D eigenvalue weighted by Gasteiger charge is -2.22. The average Bonchev–Trinajstić information content (AvgIpc) is 3.12. The highest BCUT2D eigenvalue weighted by molar-refractivity contribution is 7.03. The lowest BCUT2D eigenvalue weighted by molar-refractivity contribution is -0.168. The van der Waals surface area contributed by atoms with Crippen LogP contribution >= 0.6 is 11.5 Å². The Balaban J connectivity index is 1.65. The number of hydrogen-bond donors (Lipinski definition) is 1. The van der Waals surface area contributed by atoms with Crippen LogP contribution in [0.2, 0.25) is 0 Å². The molecule has 0 radical (unpaired) electrons. The number of nitrogens with zero attached hydrogens (tertiary/aromatic N) is 4. The van der Waals surface area contributed by atoms with Crippen molar-refractivity contribution in [2.45, 2.75) is 0 Å². The Bertz CT molecular complexity index is 583. The molecule has 0 atom stereocenters. The summed E-state index contributed by atoms with van der Waals surface area (Å²) in [6, 6.07) is -0.397. The Morgan fingerprint density at radius 2 is 2.40 bits per heavy atom. The van der Waals surface area contributed by atoms with Gasteiger partial charge in [0.15, 0.2) is 5.82 Å². The molecule has 8 nitrogen and oxygen atoms in total. The summed E-state index contributed by atoms with van der Waals surface area (Å²) in [6.07, 6.45) is 5.19. The third-order valence-electron chi connectivity index (χ3n) is 2.82. The number of hydroxylamine groups is 2. The zero-order chi connectivity index (χ0) is 13.9. The zero-order valence-electron chi connectivity index (χ0n) is 10.4. The Labute approximate surface area is 118 Å². The minimum absolute atomic E-state index is 0.330. The Kier molecular flexibility index (Phi) is 3.33. The van der Waals surface area contributed by atoms with Gasteiger partial charge in [-0.3, -0.25) is 0 Å². The van der Waals surface area contributed by atoms with E-state index in [2.05, 4.69) is 14.9 Å². The van der Waals surface area contributed by atoms with Crippen LogP contribution in [-0.4, -0.2) is 46.3 Å². The van der Waals surface area contributed by atoms with Crippen LogP contribution in [0.1, 0.15) is 0 Å². The fraction of sp³-hybridized carbons (Fsp3) is 0.273. The largest absolute Gasteiger partial charge is 0.361 e. The molecule has 3 rings (SSSR count). The fourth-order valence-corrected chi connectivity index (χ4v) is 2.28. The van der Waals surface area contributed by atoms with Crippen LogP contribution in [0.15, 0.2) is 29.3 Å². The average molecular weight is 293 g/mol. The lowest BCUT2D eigenvalue weighted by Crippen LogP contribution is -2.34. The first-order valence-electron chi connectivity index (χ1n) is 5.93. The van der Waals surface area contributed by atoms with E-state index in [-0.39, 0.29) is 0 Å². The maximum Gasteiger partial charge on any atom is 0.361 e. The summed E-state index contributed by atoms with van der Waals surface area (Å²) in [5.41, 5.74) is 0.445. The highest BCUT2D eigenvalue weighted by Crippen LogP contribution is 2.18. The van der Waals surface area contributed by atoms with Gasteiger partial charge in [0, 0.05) is 12.7 Å². The van der Waals surface area contributed by atoms with Crippen molar-refractivity contribution in [1.29, 1.82) is 0 Å². The molecule has 2 aliphatic heterocycles. The van der Waals surface area contributed by atoms with E-state index in [0.29, 0.717) is 31.0 Å². The molecule has 0 bridgehead atoms. The second kappa shape index (κ2) is 5.29. The van der Waals surface area contributed by atoms with Crippen LogP contribution in [0.4, 0.5) is 10.6 Å². The molecule has 3 heterocycles. The molecule has 0 spiro atoms. The topological polar surface area (TPSA) is 87.7 Å². The summed E-state index contributed by atoms with van der Waals surface area (Å²) in [5.74, 6) is 0.128. The first-order chi connectivity index (χ1) is 9.74. The molecule has 1 aromatic rings. The van der Waals surface area contributed by atoms with E-state index >= 15 is 0 Å². The number of allylic oxidation sites excluding steroid dienone is 2. The maximum atomic E-state index is 12.0. The molecule has 1 aromatic heterocycles. The third-order valence-corrected chi connectivity index (χ3v) is 3.31. The van der Waals surface area contributed by atoms with Gasteiger partial charge >= 0.3 is 12.0 Å². The second-order valence-corrected chi connectivity index (χ2v) is 4.75. The smallest absolute Gasteiger partial charge is 0.334 e. The van der Waals surface area contributed by atoms with Crippen LogP contribution in [-0.2, 0) is 9.63 Å². The van der Waals surface area contributed by atoms with Gasteiger partial charge in [0.25, 0.3) is 0 Å². The van der Waals surface area contributed by atoms with E-state index < -0.39 is 12.0 Å². The summed E-state index contributed by atoms with van der Waals surface area (Å²) in [4.78, 5) is 30.2. The van der Waals surface area contributed by atoms with E-state index in [0.717, 1.165) is 5.06 Å². The molecule has 0 unspecified atom stereocenters. The van der Waals surface area contributed by atoms with Gasteiger partial charge in [0.2, 0.25) is 0 Å². The molecular formula is C11H11N5O3S. The normalized spacial score (nSPS) is 18.0. The Morgan fingerprint density at radius 3 is 3.10 bits per heavy atom. The van der Waals surface area contributed by atoms with Crippen LogP contribution in [0.3, 0.4) is 0 Å². The van der Waals surface area contributed by atoms with E-state index in [1.165, 1.54) is 11.5 Å². The monoisotopic (exact) mass is 293 g/mol. The van der Waals surface area contributed by atoms with Crippen molar-refractivity contribution < 1.29 is 14.4 Å². The molecule has 2 amide bonds. The molecule has 0 saturated carbocycles. The summed E-state index contributed by atoms with van der Waals surface area (Å²) in [5, 5.41) is 9.30. The fourth-order valence-electron chi connectivity index (χ4n) is 1.83. The lowest BCUT2D eigenvalue weighted by atomic mass is 10.2. The van der Waals surface area contributed by atoms with Crippen LogP contribution in [0.5, 0.6) is 0 Å². The first kappa shape index (κ1) is 12.6. The van der Waals surface area contributed by atoms with E-state index in [1.807, 2.05) is 0 Å². The van der Waals surface area contributed by atoms with Crippen molar-refractivity contribution in [1.82, 2.24) is 20.0 Å². The molecule has 2 aliphatic rings. The quantitative estimate of drug-likeness (QED) is 0.861. The highest BCUT2D eigenvalue weighted by Gasteiger charge is 2.26. The highest BCUT2D eigenvalue weighted by atomic mass is 32.1. The number of carbonyl (C=O) groups is 2. The predicted molar refractivity (Wildman–Crippen MR) is 70.7 cm³/mol. The Hall–Kier alpha value is -2.42. The van der Waals surface area contributed by atoms with Crippen LogP contribution < -0.4 is 10.2 Å². The predicted octanol–water partition coefficient (Wildman–Crippen LogP) is 0.282. The summed E-state index contributed by atoms with van der Waals surface area (Å²) < 4.78 is 3.78. The zero-order valence-corrected chi connectivity index (χ0v) is 11.2. The maximum absolute atomic E-state index is 12.0. The molecule has 0 aromatic carbocycles. The van der Waals surface area contributed by atoms with Gasteiger partial charge in [0.1, 0.15) is 0 Å². The Morgan fingerprint density at radius 1 is 1.50 bits per heavy atom. The first-order valence-corrected chi connectivity index (χ1v) is 6.76. The van der Waals surface area contributed by atoms with Gasteiger partial charge in [-0.15, -0.1) is 5.10 Å². The van der Waals surface area contributed by atoms with Crippen molar-refractivity contribution in [2.24, 2.45) is 0 Å². The molecule has 1 saturated heterocycles. The van der Waals surface area contributed by atoms with Gasteiger partial charge in [-0.2, -0.15) is 5.06 Å². The van der Waals surface area contributed by atoms with Crippen molar-refractivity contribution in [3.05, 3.63) is 29.3 Å². The number of amides is 2. The summed E-state index contributed by atoms with van der Waals surface area (Å²) >= 11 is 1.24. The van der Waals surface area contributed by atoms with Crippen molar-refractivity contribution >= 4 is 29.4 Å². The second-order valence-electron chi connectivity index (χ2n) is 4.14. The molecule has 0 aliphatic carbocycles. The van der Waals surface area contributed by atoms with Gasteiger partial charge in [-0.05, 0) is 23.7 Å².